The van der Waals surface area contributed by atoms with Crippen LogP contribution < -0.4 is 5.32 Å². The third-order valence-corrected chi connectivity index (χ3v) is 4.80. The zero-order chi connectivity index (χ0) is 15.4. The van der Waals surface area contributed by atoms with E-state index < -0.39 is 0 Å². The van der Waals surface area contributed by atoms with Crippen LogP contribution in [0.3, 0.4) is 0 Å². The first-order valence-electron chi connectivity index (χ1n) is 8.76. The van der Waals surface area contributed by atoms with Crippen LogP contribution in [0.1, 0.15) is 52.9 Å². The zero-order valence-electron chi connectivity index (χ0n) is 14.3. The van der Waals surface area contributed by atoms with Gasteiger partial charge >= 0.3 is 0 Å². The Labute approximate surface area is 130 Å². The van der Waals surface area contributed by atoms with Gasteiger partial charge in [0.05, 0.1) is 12.2 Å². The summed E-state index contributed by atoms with van der Waals surface area (Å²) in [6, 6.07) is 0.0443. The Kier molecular flexibility index (Phi) is 6.06. The van der Waals surface area contributed by atoms with Gasteiger partial charge in [-0.2, -0.15) is 0 Å². The highest BCUT2D eigenvalue weighted by Gasteiger charge is 2.39. The fourth-order valence-electron chi connectivity index (χ4n) is 3.82. The number of carbonyl (C=O) groups excluding carboxylic acids is 1. The molecule has 4 heteroatoms. The molecule has 0 radical (unpaired) electrons. The van der Waals surface area contributed by atoms with Crippen molar-refractivity contribution in [3.63, 3.8) is 0 Å². The van der Waals surface area contributed by atoms with Crippen molar-refractivity contribution in [2.45, 2.75) is 65.1 Å². The van der Waals surface area contributed by atoms with Crippen molar-refractivity contribution < 1.29 is 4.79 Å². The molecule has 0 spiro atoms. The van der Waals surface area contributed by atoms with E-state index in [0.717, 1.165) is 32.4 Å². The summed E-state index contributed by atoms with van der Waals surface area (Å²) < 4.78 is 0. The smallest absolute Gasteiger partial charge is 0.241 e. The summed E-state index contributed by atoms with van der Waals surface area (Å²) in [5, 5.41) is 3.59. The summed E-state index contributed by atoms with van der Waals surface area (Å²) in [4.78, 5) is 17.3. The molecule has 1 N–H and O–H groups in total. The lowest BCUT2D eigenvalue weighted by molar-refractivity contribution is -0.131. The van der Waals surface area contributed by atoms with Crippen LogP contribution in [0.25, 0.3) is 0 Å². The highest BCUT2D eigenvalue weighted by molar-refractivity contribution is 5.84. The van der Waals surface area contributed by atoms with E-state index in [-0.39, 0.29) is 12.2 Å². The predicted octanol–water partition coefficient (Wildman–Crippen LogP) is 2.30. The van der Waals surface area contributed by atoms with Gasteiger partial charge < -0.3 is 9.80 Å². The average Bonchev–Trinajstić information content (AvgIpc) is 2.67. The van der Waals surface area contributed by atoms with Gasteiger partial charge in [0.15, 0.2) is 0 Å². The molecule has 0 aromatic heterocycles. The molecular weight excluding hydrogens is 262 g/mol. The van der Waals surface area contributed by atoms with E-state index in [0.29, 0.717) is 17.7 Å². The minimum Gasteiger partial charge on any atom is -0.325 e. The Morgan fingerprint density at radius 2 is 2.14 bits per heavy atom. The quantitative estimate of drug-likeness (QED) is 0.817. The first-order valence-corrected chi connectivity index (χ1v) is 8.76. The third kappa shape index (κ3) is 4.43. The highest BCUT2D eigenvalue weighted by atomic mass is 16.2. The van der Waals surface area contributed by atoms with Gasteiger partial charge in [0.25, 0.3) is 0 Å². The van der Waals surface area contributed by atoms with Gasteiger partial charge in [0.2, 0.25) is 5.91 Å². The van der Waals surface area contributed by atoms with Crippen molar-refractivity contribution in [2.24, 2.45) is 11.8 Å². The maximum Gasteiger partial charge on any atom is 0.241 e. The second-order valence-electron chi connectivity index (χ2n) is 7.41. The van der Waals surface area contributed by atoms with Crippen molar-refractivity contribution in [2.75, 3.05) is 26.7 Å². The van der Waals surface area contributed by atoms with Gasteiger partial charge in [-0.25, -0.2) is 0 Å². The van der Waals surface area contributed by atoms with Crippen LogP contribution in [0.15, 0.2) is 0 Å². The molecule has 2 aliphatic rings. The monoisotopic (exact) mass is 295 g/mol. The second kappa shape index (κ2) is 7.59. The predicted molar refractivity (Wildman–Crippen MR) is 87.0 cm³/mol. The van der Waals surface area contributed by atoms with Gasteiger partial charge in [0.1, 0.15) is 0 Å². The fraction of sp³-hybridized carbons (Fsp3) is 0.941. The van der Waals surface area contributed by atoms with Crippen molar-refractivity contribution in [3.05, 3.63) is 0 Å². The Hall–Kier alpha value is -0.610. The lowest BCUT2D eigenvalue weighted by Crippen LogP contribution is -2.44. The normalized spacial score (nSPS) is 31.4. The van der Waals surface area contributed by atoms with Gasteiger partial charge in [-0.1, -0.05) is 27.2 Å². The molecule has 4 nitrogen and oxygen atoms in total. The lowest BCUT2D eigenvalue weighted by Gasteiger charge is -2.34. The highest BCUT2D eigenvalue weighted by Crippen LogP contribution is 2.24. The minimum absolute atomic E-state index is 0.0443. The number of amides is 1. The van der Waals surface area contributed by atoms with Crippen LogP contribution in [0.2, 0.25) is 0 Å². The number of piperidine rings is 1. The molecule has 3 atom stereocenters. The Morgan fingerprint density at radius 3 is 2.76 bits per heavy atom. The van der Waals surface area contributed by atoms with Crippen molar-refractivity contribution in [3.8, 4) is 0 Å². The zero-order valence-corrected chi connectivity index (χ0v) is 14.3. The minimum atomic E-state index is 0.0443. The van der Waals surface area contributed by atoms with E-state index >= 15 is 0 Å². The van der Waals surface area contributed by atoms with Gasteiger partial charge in [-0.15, -0.1) is 0 Å². The first-order chi connectivity index (χ1) is 10.0. The summed E-state index contributed by atoms with van der Waals surface area (Å²) in [6.07, 6.45) is 5.95. The standard InChI is InChI=1S/C17H33N3O/c1-5-7-16-18-15(10-13(2)3)17(21)20(16)12-14-8-6-9-19(4)11-14/h13-16,18H,5-12H2,1-4H3. The molecule has 21 heavy (non-hydrogen) atoms. The SMILES string of the molecule is CCCC1NC(CC(C)C)C(=O)N1CC1CCCN(C)C1. The number of rotatable bonds is 6. The van der Waals surface area contributed by atoms with E-state index in [1.165, 1.54) is 19.4 Å². The average molecular weight is 295 g/mol. The largest absolute Gasteiger partial charge is 0.325 e. The second-order valence-corrected chi connectivity index (χ2v) is 7.41. The molecule has 0 aromatic carbocycles. The number of nitrogens with zero attached hydrogens (tertiary/aromatic N) is 2. The summed E-state index contributed by atoms with van der Waals surface area (Å²) in [5.74, 6) is 1.55. The van der Waals surface area contributed by atoms with Crippen LogP contribution in [0.4, 0.5) is 0 Å². The molecular formula is C17H33N3O. The Bertz CT molecular complexity index is 345. The topological polar surface area (TPSA) is 35.6 Å². The van der Waals surface area contributed by atoms with Crippen molar-refractivity contribution >= 4 is 5.91 Å². The molecule has 0 saturated carbocycles. The molecule has 2 heterocycles. The number of nitrogens with one attached hydrogen (secondary N) is 1. The number of hydrogen-bond acceptors (Lipinski definition) is 3. The molecule has 1 amide bonds. The van der Waals surface area contributed by atoms with Crippen molar-refractivity contribution in [1.29, 1.82) is 0 Å². The third-order valence-electron chi connectivity index (χ3n) is 4.80. The Morgan fingerprint density at radius 1 is 1.38 bits per heavy atom. The number of likely N-dealkylation sites (tertiary alicyclic amines) is 1. The molecule has 3 unspecified atom stereocenters. The molecule has 2 rings (SSSR count). The lowest BCUT2D eigenvalue weighted by atomic mass is 9.97. The molecule has 0 aliphatic carbocycles. The summed E-state index contributed by atoms with van der Waals surface area (Å²) in [7, 11) is 2.20. The molecule has 0 bridgehead atoms. The van der Waals surface area contributed by atoms with Crippen LogP contribution >= 0.6 is 0 Å². The van der Waals surface area contributed by atoms with Crippen LogP contribution in [-0.2, 0) is 4.79 Å². The fourth-order valence-corrected chi connectivity index (χ4v) is 3.82. The van der Waals surface area contributed by atoms with E-state index in [2.05, 4.69) is 42.9 Å². The molecule has 0 aromatic rings. The molecule has 2 saturated heterocycles. The van der Waals surface area contributed by atoms with E-state index in [1.807, 2.05) is 0 Å². The van der Waals surface area contributed by atoms with Crippen molar-refractivity contribution in [1.82, 2.24) is 15.1 Å². The van der Waals surface area contributed by atoms with Crippen LogP contribution in [-0.4, -0.2) is 54.6 Å². The van der Waals surface area contributed by atoms with E-state index in [9.17, 15) is 4.79 Å². The molecule has 122 valence electrons. The molecule has 2 fully saturated rings. The number of carbonyl (C=O) groups is 1. The van der Waals surface area contributed by atoms with Gasteiger partial charge in [0, 0.05) is 13.1 Å². The van der Waals surface area contributed by atoms with E-state index in [1.54, 1.807) is 0 Å². The summed E-state index contributed by atoms with van der Waals surface area (Å²) >= 11 is 0. The molecule has 2 aliphatic heterocycles. The van der Waals surface area contributed by atoms with Crippen LogP contribution in [0.5, 0.6) is 0 Å². The van der Waals surface area contributed by atoms with Gasteiger partial charge in [-0.05, 0) is 51.1 Å². The van der Waals surface area contributed by atoms with E-state index in [4.69, 9.17) is 0 Å². The number of hydrogen-bond donors (Lipinski definition) is 1. The van der Waals surface area contributed by atoms with Crippen LogP contribution in [0, 0.1) is 11.8 Å². The summed E-state index contributed by atoms with van der Waals surface area (Å²) in [5.41, 5.74) is 0. The maximum absolute atomic E-state index is 12.7. The maximum atomic E-state index is 12.7. The van der Waals surface area contributed by atoms with Gasteiger partial charge in [-0.3, -0.25) is 10.1 Å². The summed E-state index contributed by atoms with van der Waals surface area (Å²) in [6.45, 7) is 9.88. The Balaban J connectivity index is 1.98. The first kappa shape index (κ1) is 16.8.